The van der Waals surface area contributed by atoms with Gasteiger partial charge in [0, 0.05) is 59.7 Å². The number of amides is 4. The number of Topliss-reactive ketones (excluding diaryl/α,β-unsaturated/α-hetero) is 1. The highest BCUT2D eigenvalue weighted by atomic mass is 19.1. The number of benzene rings is 2. The largest absolute Gasteiger partial charge is 0.390 e. The summed E-state index contributed by atoms with van der Waals surface area (Å²) in [5.74, 6) is -4.12. The summed E-state index contributed by atoms with van der Waals surface area (Å²) in [6.07, 6.45) is 1.21. The van der Waals surface area contributed by atoms with Crippen LogP contribution >= 0.6 is 0 Å². The van der Waals surface area contributed by atoms with E-state index in [1.54, 1.807) is 13.0 Å². The first kappa shape index (κ1) is 52.9. The van der Waals surface area contributed by atoms with Gasteiger partial charge in [-0.1, -0.05) is 49.4 Å². The number of aliphatic hydroxyl groups is 2. The van der Waals surface area contributed by atoms with Crippen molar-refractivity contribution >= 4 is 40.9 Å². The minimum absolute atomic E-state index is 0.0103. The number of alkyl halides is 2. The SMILES string of the molecule is C[C@]12C=CC(=O)C=C1[C@@H](F)C[C@H]1C3C[C@H]4O[C@@H](c5ccc(Cc6cccc(NC(=O)CCOCCOCCOCCOCCNC(=O)CCN7C(=O)C=CC7=O)c6)cc5)O[C@@]4(C(=O)CO)[C@@]3(C)C[C@H](O)[C@@]12F. The van der Waals surface area contributed by atoms with Gasteiger partial charge in [-0.3, -0.25) is 33.7 Å². The standard InChI is InChI=1S/C53H63F2N3O14/c1-50-15-12-37(60)28-40(50)41(54)29-39-38-30-44-53(43(62)32-59,51(38,2)31-42(61)52(39,50)55)72-49(71-44)35-8-6-33(7-9-35)26-34-4-3-5-36(27-34)57-46(64)14-18-67-20-22-69-24-25-70-23-21-68-19-16-56-45(63)13-17-58-47(65)10-11-48(58)66/h3-12,15,27-28,38-39,41-42,44,49,59,61H,13-14,16-26,29-32H2,1-2H3,(H,56,63)(H,57,64)/t38?,39-,41-,42-,44+,49+,50-,51-,52-,53+/m0/s1. The third kappa shape index (κ3) is 10.4. The van der Waals surface area contributed by atoms with E-state index < -0.39 is 88.6 Å². The second-order valence-electron chi connectivity index (χ2n) is 19.6. The number of rotatable bonds is 24. The van der Waals surface area contributed by atoms with Crippen molar-refractivity contribution in [2.24, 2.45) is 22.7 Å². The molecule has 0 radical (unpaired) electrons. The molecular formula is C53H63F2N3O14. The average molecular weight is 1000 g/mol. The maximum absolute atomic E-state index is 17.7. The summed E-state index contributed by atoms with van der Waals surface area (Å²) in [7, 11) is 0. The van der Waals surface area contributed by atoms with Crippen LogP contribution in [0.3, 0.4) is 0 Å². The minimum atomic E-state index is -2.34. The van der Waals surface area contributed by atoms with Crippen LogP contribution in [0.15, 0.2) is 84.5 Å². The molecule has 4 amide bonds. The van der Waals surface area contributed by atoms with Crippen molar-refractivity contribution in [2.45, 2.75) is 88.3 Å². The van der Waals surface area contributed by atoms with Crippen molar-refractivity contribution in [2.75, 3.05) is 77.9 Å². The Balaban J connectivity index is 0.723. The van der Waals surface area contributed by atoms with Gasteiger partial charge in [0.25, 0.3) is 11.8 Å². The Morgan fingerprint density at radius 1 is 0.819 bits per heavy atom. The molecule has 4 N–H and O–H groups in total. The molecule has 2 aromatic carbocycles. The average Bonchev–Trinajstić information content (AvgIpc) is 3.98. The Hall–Kier alpha value is -5.38. The number of nitrogens with zero attached hydrogens (tertiary/aromatic N) is 1. The van der Waals surface area contributed by atoms with E-state index in [1.807, 2.05) is 42.5 Å². The fourth-order valence-corrected chi connectivity index (χ4v) is 11.9. The van der Waals surface area contributed by atoms with Gasteiger partial charge in [0.05, 0.1) is 71.5 Å². The van der Waals surface area contributed by atoms with Crippen LogP contribution in [0.2, 0.25) is 0 Å². The van der Waals surface area contributed by atoms with Gasteiger partial charge in [-0.2, -0.15) is 0 Å². The molecular weight excluding hydrogens is 941 g/mol. The first-order valence-electron chi connectivity index (χ1n) is 24.6. The molecule has 72 heavy (non-hydrogen) atoms. The molecule has 0 spiro atoms. The lowest BCUT2D eigenvalue weighted by atomic mass is 9.44. The van der Waals surface area contributed by atoms with E-state index in [4.69, 9.17) is 28.4 Å². The second-order valence-corrected chi connectivity index (χ2v) is 19.6. The van der Waals surface area contributed by atoms with E-state index >= 15 is 8.78 Å². The number of imide groups is 1. The van der Waals surface area contributed by atoms with Crippen molar-refractivity contribution in [3.05, 3.63) is 101 Å². The first-order chi connectivity index (χ1) is 34.5. The lowest BCUT2D eigenvalue weighted by Gasteiger charge is -2.63. The topological polar surface area (TPSA) is 226 Å². The van der Waals surface area contributed by atoms with Crippen molar-refractivity contribution in [1.82, 2.24) is 10.2 Å². The van der Waals surface area contributed by atoms with E-state index in [0.717, 1.165) is 22.1 Å². The molecule has 0 bridgehead atoms. The third-order valence-electron chi connectivity index (χ3n) is 15.4. The van der Waals surface area contributed by atoms with Crippen LogP contribution in [-0.4, -0.2) is 153 Å². The molecule has 6 aliphatic rings. The summed E-state index contributed by atoms with van der Waals surface area (Å²) in [6, 6.07) is 14.9. The fraction of sp³-hybridized carbons (Fsp3) is 0.547. The van der Waals surface area contributed by atoms with Gasteiger partial charge >= 0.3 is 0 Å². The smallest absolute Gasteiger partial charge is 0.253 e. The molecule has 8 rings (SSSR count). The summed E-state index contributed by atoms with van der Waals surface area (Å²) in [5.41, 5.74) is -3.75. The number of nitrogens with one attached hydrogen (secondary N) is 2. The summed E-state index contributed by atoms with van der Waals surface area (Å²) < 4.78 is 68.8. The maximum Gasteiger partial charge on any atom is 0.253 e. The molecule has 2 heterocycles. The van der Waals surface area contributed by atoms with Crippen molar-refractivity contribution < 1.29 is 76.2 Å². The number of halogens is 2. The molecule has 0 aromatic heterocycles. The Morgan fingerprint density at radius 3 is 2.17 bits per heavy atom. The predicted octanol–water partition coefficient (Wildman–Crippen LogP) is 3.75. The Morgan fingerprint density at radius 2 is 1.49 bits per heavy atom. The molecule has 1 saturated heterocycles. The Kier molecular flexibility index (Phi) is 16.5. The number of carbonyl (C=O) groups excluding carboxylic acids is 6. The van der Waals surface area contributed by atoms with Crippen LogP contribution < -0.4 is 10.6 Å². The molecule has 10 atom stereocenters. The van der Waals surface area contributed by atoms with Crippen LogP contribution in [0.25, 0.3) is 0 Å². The summed E-state index contributed by atoms with van der Waals surface area (Å²) in [4.78, 5) is 74.9. The number of hydrogen-bond donors (Lipinski definition) is 4. The van der Waals surface area contributed by atoms with Crippen molar-refractivity contribution in [3.8, 4) is 0 Å². The summed E-state index contributed by atoms with van der Waals surface area (Å²) >= 11 is 0. The van der Waals surface area contributed by atoms with Crippen LogP contribution in [0.4, 0.5) is 14.5 Å². The van der Waals surface area contributed by atoms with Crippen LogP contribution in [0.5, 0.6) is 0 Å². The van der Waals surface area contributed by atoms with E-state index in [2.05, 4.69) is 10.6 Å². The zero-order valence-electron chi connectivity index (χ0n) is 40.5. The molecule has 17 nitrogen and oxygen atoms in total. The molecule has 19 heteroatoms. The number of carbonyl (C=O) groups is 6. The highest BCUT2D eigenvalue weighted by Crippen LogP contribution is 2.72. The molecule has 1 unspecified atom stereocenters. The zero-order chi connectivity index (χ0) is 51.3. The number of ether oxygens (including phenoxy) is 6. The molecule has 4 aliphatic carbocycles. The highest BCUT2D eigenvalue weighted by molar-refractivity contribution is 6.13. The third-order valence-corrected chi connectivity index (χ3v) is 15.4. The van der Waals surface area contributed by atoms with E-state index in [1.165, 1.54) is 31.2 Å². The molecule has 3 saturated carbocycles. The summed E-state index contributed by atoms with van der Waals surface area (Å²) in [6.45, 7) is 5.20. The van der Waals surface area contributed by atoms with E-state index in [-0.39, 0.29) is 75.8 Å². The van der Waals surface area contributed by atoms with Crippen LogP contribution in [0.1, 0.15) is 68.9 Å². The fourth-order valence-electron chi connectivity index (χ4n) is 11.9. The second kappa shape index (κ2) is 22.4. The van der Waals surface area contributed by atoms with Gasteiger partial charge in [0.2, 0.25) is 11.8 Å². The highest BCUT2D eigenvalue weighted by Gasteiger charge is 2.80. The number of hydrogen-bond acceptors (Lipinski definition) is 14. The molecule has 388 valence electrons. The van der Waals surface area contributed by atoms with E-state index in [9.17, 15) is 39.0 Å². The normalized spacial score (nSPS) is 31.2. The first-order valence-corrected chi connectivity index (χ1v) is 24.6. The maximum atomic E-state index is 17.7. The Bertz CT molecular complexity index is 2450. The number of allylic oxidation sites excluding steroid dienone is 4. The number of aliphatic hydroxyl groups excluding tert-OH is 2. The van der Waals surface area contributed by atoms with Gasteiger partial charge in [0.1, 0.15) is 12.8 Å². The number of fused-ring (bicyclic) bond motifs is 7. The lowest BCUT2D eigenvalue weighted by molar-refractivity contribution is -0.235. The van der Waals surface area contributed by atoms with Gasteiger partial charge in [-0.05, 0) is 79.5 Å². The van der Waals surface area contributed by atoms with Gasteiger partial charge in [-0.25, -0.2) is 8.78 Å². The van der Waals surface area contributed by atoms with Gasteiger partial charge < -0.3 is 49.3 Å². The van der Waals surface area contributed by atoms with Crippen LogP contribution in [-0.2, 0) is 63.6 Å². The molecule has 2 aromatic rings. The predicted molar refractivity (Wildman–Crippen MR) is 253 cm³/mol. The van der Waals surface area contributed by atoms with Crippen molar-refractivity contribution in [1.29, 1.82) is 0 Å². The van der Waals surface area contributed by atoms with Crippen molar-refractivity contribution in [3.63, 3.8) is 0 Å². The van der Waals surface area contributed by atoms with E-state index in [0.29, 0.717) is 57.3 Å². The summed E-state index contributed by atoms with van der Waals surface area (Å²) in [5, 5.41) is 27.7. The number of ketones is 2. The quantitative estimate of drug-likeness (QED) is 0.0869. The van der Waals surface area contributed by atoms with Gasteiger partial charge in [-0.15, -0.1) is 0 Å². The zero-order valence-corrected chi connectivity index (χ0v) is 40.5. The Labute approximate surface area is 416 Å². The van der Waals surface area contributed by atoms with Gasteiger partial charge in [0.15, 0.2) is 29.1 Å². The monoisotopic (exact) mass is 1000 g/mol. The van der Waals surface area contributed by atoms with Crippen LogP contribution in [0, 0.1) is 22.7 Å². The minimum Gasteiger partial charge on any atom is -0.390 e. The number of anilines is 1. The lowest BCUT2D eigenvalue weighted by Crippen LogP contribution is -2.70. The molecule has 2 aliphatic heterocycles. The molecule has 4 fully saturated rings.